The SMILES string of the molecule is C[Si](C)(C)CCOCn1nc(/C=C/c2ccccc2)c2ccc(Sc3cccc(N)c3)cc21.C[Si](C)(C)CCOCn1nc(CCc2ccccc2)c2ccc(Sc3cccc(N4C(=O)c5ccccc5C4=O)c3)cc21.N=N.[HH]. The molecule has 9 aromatic rings. The smallest absolute Gasteiger partial charge is 0.266 e. The van der Waals surface area contributed by atoms with Crippen LogP contribution in [0.25, 0.3) is 34.0 Å². The van der Waals surface area contributed by atoms with E-state index in [1.54, 1.807) is 53.9 Å². The standard InChI is InChI=1S/C35H35N3O3SSi.C27H31N3OSSi.H2N2.H2/c1-43(2,3)21-20-41-24-37-33-23-28(17-18-31(33)32(36-37)19-16-25-10-5-4-6-11-25)42-27-13-9-12-26(22-27)38-34(39)29-14-7-8-15-30(29)35(38)40;1-33(2,3)17-16-31-20-30-27-19-24(32-23-11-7-10-22(28)18-23)13-14-25(27)26(29-30)15-12-21-8-5-4-6-9-21;1-2;/h4-15,17-18,22-23H,16,19-21,24H2,1-3H3;4-15,18-19H,16-17,20,28H2,1-3H3;1-2H;1H/b;15-12+;;. The third-order valence-electron chi connectivity index (χ3n) is 12.9. The number of rotatable bonds is 20. The van der Waals surface area contributed by atoms with Crippen LogP contribution in [0.1, 0.15) is 44.7 Å². The van der Waals surface area contributed by atoms with Crippen molar-refractivity contribution >= 4 is 96.8 Å². The second-order valence-corrected chi connectivity index (χ2v) is 34.9. The summed E-state index contributed by atoms with van der Waals surface area (Å²) in [4.78, 5) is 31.6. The highest BCUT2D eigenvalue weighted by Gasteiger charge is 2.36. The van der Waals surface area contributed by atoms with E-state index in [0.29, 0.717) is 30.3 Å². The molecule has 0 radical (unpaired) electrons. The topological polar surface area (TPSA) is 165 Å². The van der Waals surface area contributed by atoms with Gasteiger partial charge in [0.05, 0.1) is 39.2 Å². The molecule has 1 aliphatic rings. The van der Waals surface area contributed by atoms with Crippen LogP contribution in [0.4, 0.5) is 11.4 Å². The molecule has 3 heterocycles. The van der Waals surface area contributed by atoms with E-state index in [1.165, 1.54) is 10.5 Å². The molecule has 0 bridgehead atoms. The van der Waals surface area contributed by atoms with Gasteiger partial charge in [0, 0.05) is 66.8 Å². The summed E-state index contributed by atoms with van der Waals surface area (Å²) in [6.07, 6.45) is 5.95. The van der Waals surface area contributed by atoms with Gasteiger partial charge in [-0.1, -0.05) is 154 Å². The van der Waals surface area contributed by atoms with Crippen LogP contribution in [0.2, 0.25) is 51.4 Å². The van der Waals surface area contributed by atoms with E-state index < -0.39 is 16.1 Å². The Morgan fingerprint density at radius 2 is 1.06 bits per heavy atom. The predicted octanol–water partition coefficient (Wildman–Crippen LogP) is 16.2. The maximum atomic E-state index is 13.0. The largest absolute Gasteiger partial charge is 0.399 e. The summed E-state index contributed by atoms with van der Waals surface area (Å²) in [5, 5.41) is 12.1. The highest BCUT2D eigenvalue weighted by atomic mass is 32.2. The molecule has 16 heteroatoms. The first kappa shape index (κ1) is 57.0. The fourth-order valence-electron chi connectivity index (χ4n) is 8.70. The number of nitrogens with two attached hydrogens (primary N) is 1. The Hall–Kier alpha value is -7.19. The van der Waals surface area contributed by atoms with Crippen LogP contribution < -0.4 is 10.6 Å². The molecule has 402 valence electrons. The molecule has 0 spiro atoms. The second-order valence-electron chi connectivity index (χ2n) is 21.4. The lowest BCUT2D eigenvalue weighted by Crippen LogP contribution is -2.29. The lowest BCUT2D eigenvalue weighted by Gasteiger charge is -2.15. The first-order valence-electron chi connectivity index (χ1n) is 26.1. The van der Waals surface area contributed by atoms with Crippen LogP contribution in [0.15, 0.2) is 189 Å². The number of fused-ring (bicyclic) bond motifs is 3. The van der Waals surface area contributed by atoms with Crippen molar-refractivity contribution in [3.63, 3.8) is 0 Å². The van der Waals surface area contributed by atoms with E-state index in [2.05, 4.69) is 130 Å². The average molecular weight is 1110 g/mol. The van der Waals surface area contributed by atoms with Gasteiger partial charge >= 0.3 is 0 Å². The van der Waals surface area contributed by atoms with Gasteiger partial charge in [-0.2, -0.15) is 10.2 Å². The number of nitrogens with zero attached hydrogens (tertiary/aromatic N) is 5. The van der Waals surface area contributed by atoms with E-state index in [4.69, 9.17) is 36.5 Å². The highest BCUT2D eigenvalue weighted by Crippen LogP contribution is 2.36. The third kappa shape index (κ3) is 15.3. The molecule has 4 N–H and O–H groups in total. The number of amides is 2. The Labute approximate surface area is 469 Å². The lowest BCUT2D eigenvalue weighted by molar-refractivity contribution is 0.0813. The third-order valence-corrected chi connectivity index (χ3v) is 18.3. The van der Waals surface area contributed by atoms with Crippen LogP contribution in [-0.2, 0) is 35.8 Å². The van der Waals surface area contributed by atoms with Crippen molar-refractivity contribution in [2.45, 2.75) is 97.3 Å². The number of nitrogen functional groups attached to an aromatic ring is 1. The van der Waals surface area contributed by atoms with Crippen LogP contribution in [0.3, 0.4) is 0 Å². The quantitative estimate of drug-likeness (QED) is 0.0221. The zero-order valence-corrected chi connectivity index (χ0v) is 48.9. The molecule has 7 aromatic carbocycles. The number of aryl methyl sites for hydroxylation is 2. The molecule has 0 atom stereocenters. The van der Waals surface area contributed by atoms with E-state index in [9.17, 15) is 9.59 Å². The maximum absolute atomic E-state index is 13.0. The van der Waals surface area contributed by atoms with Crippen molar-refractivity contribution in [3.05, 3.63) is 203 Å². The number of ether oxygens (including phenoxy) is 2. The molecule has 0 fully saturated rings. The number of hydrogen-bond acceptors (Lipinski definition) is 11. The van der Waals surface area contributed by atoms with Crippen molar-refractivity contribution in [2.24, 2.45) is 0 Å². The predicted molar refractivity (Wildman–Crippen MR) is 328 cm³/mol. The Morgan fingerprint density at radius 3 is 1.65 bits per heavy atom. The van der Waals surface area contributed by atoms with Crippen molar-refractivity contribution < 1.29 is 20.5 Å². The molecule has 2 amide bonds. The number of nitrogens with one attached hydrogen (secondary N) is 2. The summed E-state index contributed by atoms with van der Waals surface area (Å²) in [7, 11) is -2.32. The minimum atomic E-state index is -1.19. The normalized spacial score (nSPS) is 12.5. The van der Waals surface area contributed by atoms with Crippen LogP contribution >= 0.6 is 23.5 Å². The molecule has 1 aliphatic heterocycles. The molecular formula is C62H70N8O4S2Si2. The number of carbonyl (C=O) groups excluding carboxylic acids is 2. The zero-order chi connectivity index (χ0) is 55.2. The molecule has 10 rings (SSSR count). The van der Waals surface area contributed by atoms with E-state index in [1.807, 2.05) is 70.0 Å². The molecule has 0 unspecified atom stereocenters. The zero-order valence-electron chi connectivity index (χ0n) is 45.2. The van der Waals surface area contributed by atoms with Gasteiger partial charge in [0.1, 0.15) is 13.5 Å². The van der Waals surface area contributed by atoms with Crippen molar-refractivity contribution in [1.82, 2.24) is 19.6 Å². The average Bonchev–Trinajstić information content (AvgIpc) is 4.21. The number of imide groups is 1. The monoisotopic (exact) mass is 1110 g/mol. The van der Waals surface area contributed by atoms with Crippen molar-refractivity contribution in [3.8, 4) is 0 Å². The summed E-state index contributed by atoms with van der Waals surface area (Å²) in [5.74, 6) is -0.574. The van der Waals surface area contributed by atoms with Crippen molar-refractivity contribution in [2.75, 3.05) is 23.8 Å². The molecule has 0 saturated carbocycles. The number of hydrogen-bond donors (Lipinski definition) is 3. The number of anilines is 2. The first-order chi connectivity index (χ1) is 37.6. The Kier molecular flexibility index (Phi) is 19.3. The first-order valence-corrected chi connectivity index (χ1v) is 35.2. The fourth-order valence-corrected chi connectivity index (χ4v) is 12.0. The molecule has 78 heavy (non-hydrogen) atoms. The second kappa shape index (κ2) is 26.4. The number of benzene rings is 7. The van der Waals surface area contributed by atoms with E-state index in [0.717, 1.165) is 102 Å². The molecule has 0 aliphatic carbocycles. The van der Waals surface area contributed by atoms with Crippen molar-refractivity contribution in [1.29, 1.82) is 11.1 Å². The van der Waals surface area contributed by atoms with Gasteiger partial charge in [0.2, 0.25) is 0 Å². The van der Waals surface area contributed by atoms with Gasteiger partial charge in [-0.25, -0.2) is 25.3 Å². The van der Waals surface area contributed by atoms with Gasteiger partial charge in [0.15, 0.2) is 0 Å². The summed E-state index contributed by atoms with van der Waals surface area (Å²) in [6.45, 7) is 16.5. The summed E-state index contributed by atoms with van der Waals surface area (Å²) >= 11 is 3.30. The Bertz CT molecular complexity index is 3490. The van der Waals surface area contributed by atoms with E-state index >= 15 is 0 Å². The van der Waals surface area contributed by atoms with Crippen LogP contribution in [-0.4, -0.2) is 60.7 Å². The van der Waals surface area contributed by atoms with Gasteiger partial charge in [0.25, 0.3) is 11.8 Å². The fraction of sp³-hybridized carbons (Fsp3) is 0.226. The molecular weight excluding hydrogens is 1040 g/mol. The van der Waals surface area contributed by atoms with Gasteiger partial charge in [-0.3, -0.25) is 9.59 Å². The van der Waals surface area contributed by atoms with Gasteiger partial charge in [-0.15, -0.1) is 0 Å². The summed E-state index contributed by atoms with van der Waals surface area (Å²) < 4.78 is 16.1. The van der Waals surface area contributed by atoms with Gasteiger partial charge in [-0.05, 0) is 127 Å². The Morgan fingerprint density at radius 1 is 0.551 bits per heavy atom. The minimum Gasteiger partial charge on any atom is -0.399 e. The van der Waals surface area contributed by atoms with E-state index in [-0.39, 0.29) is 13.2 Å². The molecule has 12 nitrogen and oxygen atoms in total. The Balaban J connectivity index is 0.000000226. The number of aromatic nitrogens is 4. The van der Waals surface area contributed by atoms with Gasteiger partial charge < -0.3 is 15.2 Å². The molecule has 2 aromatic heterocycles. The number of carbonyl (C=O) groups is 2. The maximum Gasteiger partial charge on any atom is 0.266 e. The molecule has 0 saturated heterocycles. The summed E-state index contributed by atoms with van der Waals surface area (Å²) in [5.41, 5.74) is 24.8. The summed E-state index contributed by atoms with van der Waals surface area (Å²) in [6, 6.07) is 58.5. The van der Waals surface area contributed by atoms with Crippen LogP contribution in [0, 0.1) is 11.1 Å². The lowest BCUT2D eigenvalue weighted by atomic mass is 10.1. The highest BCUT2D eigenvalue weighted by molar-refractivity contribution is 7.99. The minimum absolute atomic E-state index is 0. The van der Waals surface area contributed by atoms with Crippen LogP contribution in [0.5, 0.6) is 0 Å².